The lowest BCUT2D eigenvalue weighted by atomic mass is 9.93. The Morgan fingerprint density at radius 2 is 2.25 bits per heavy atom. The van der Waals surface area contributed by atoms with Crippen molar-refractivity contribution in [2.75, 3.05) is 13.1 Å². The van der Waals surface area contributed by atoms with E-state index in [1.807, 2.05) is 0 Å². The van der Waals surface area contributed by atoms with Gasteiger partial charge in [-0.05, 0) is 12.8 Å². The van der Waals surface area contributed by atoms with E-state index in [0.717, 1.165) is 19.5 Å². The molecule has 0 aliphatic carbocycles. The normalized spacial score (nSPS) is 32.8. The van der Waals surface area contributed by atoms with Crippen LogP contribution in [0.3, 0.4) is 0 Å². The van der Waals surface area contributed by atoms with Crippen LogP contribution >= 0.6 is 12.4 Å². The molecule has 0 spiro atoms. The molecule has 12 heavy (non-hydrogen) atoms. The second kappa shape index (κ2) is 3.49. The van der Waals surface area contributed by atoms with Crippen molar-refractivity contribution in [2.45, 2.75) is 24.9 Å². The molecule has 5 heteroatoms. The second-order valence-corrected chi connectivity index (χ2v) is 3.33. The largest absolute Gasteiger partial charge is 0.351 e. The Morgan fingerprint density at radius 3 is 2.50 bits per heavy atom. The number of carbonyl (C=O) groups is 1. The Bertz CT molecular complexity index is 179. The molecule has 0 aromatic carbocycles. The van der Waals surface area contributed by atoms with E-state index >= 15 is 0 Å². The fraction of sp³-hybridized carbons (Fsp3) is 0.857. The topological polar surface area (TPSA) is 58.4 Å². The van der Waals surface area contributed by atoms with Crippen molar-refractivity contribution < 1.29 is 4.79 Å². The molecule has 3 rings (SSSR count). The van der Waals surface area contributed by atoms with E-state index in [-0.39, 0.29) is 18.4 Å². The predicted octanol–water partition coefficient (Wildman–Crippen LogP) is -0.0769. The molecular weight excluding hydrogens is 178 g/mol. The van der Waals surface area contributed by atoms with Gasteiger partial charge < -0.3 is 16.0 Å². The summed E-state index contributed by atoms with van der Waals surface area (Å²) in [6.45, 7) is 1.73. The van der Waals surface area contributed by atoms with Crippen LogP contribution in [0.4, 0.5) is 4.79 Å². The van der Waals surface area contributed by atoms with Crippen LogP contribution in [0.15, 0.2) is 0 Å². The van der Waals surface area contributed by atoms with Gasteiger partial charge in [-0.1, -0.05) is 0 Å². The first-order valence-electron chi connectivity index (χ1n) is 4.07. The maximum atomic E-state index is 10.9. The highest BCUT2D eigenvalue weighted by atomic mass is 35.5. The van der Waals surface area contributed by atoms with Crippen LogP contribution in [0.25, 0.3) is 0 Å². The minimum Gasteiger partial charge on any atom is -0.351 e. The first-order valence-corrected chi connectivity index (χ1v) is 4.07. The van der Waals surface area contributed by atoms with Gasteiger partial charge in [-0.15, -0.1) is 12.4 Å². The quantitative estimate of drug-likeness (QED) is 0.563. The molecule has 2 amide bonds. The molecular formula is C7H14ClN3O. The number of nitrogens with one attached hydrogen (secondary N) is 1. The molecule has 0 radical (unpaired) electrons. The summed E-state index contributed by atoms with van der Waals surface area (Å²) < 4.78 is 0. The SMILES string of the molecule is Cl.NC(=O)N1C[C@@H]2CC[C@H]1CN2. The molecule has 3 aliphatic rings. The fourth-order valence-corrected chi connectivity index (χ4v) is 1.98. The molecule has 3 heterocycles. The van der Waals surface area contributed by atoms with Gasteiger partial charge in [0.05, 0.1) is 0 Å². The summed E-state index contributed by atoms with van der Waals surface area (Å²) in [6.07, 6.45) is 2.30. The van der Waals surface area contributed by atoms with Crippen LogP contribution in [-0.4, -0.2) is 36.1 Å². The molecule has 3 saturated heterocycles. The number of amides is 2. The summed E-state index contributed by atoms with van der Waals surface area (Å²) >= 11 is 0. The van der Waals surface area contributed by atoms with Crippen molar-refractivity contribution in [2.24, 2.45) is 5.73 Å². The summed E-state index contributed by atoms with van der Waals surface area (Å²) in [4.78, 5) is 12.6. The Morgan fingerprint density at radius 1 is 1.50 bits per heavy atom. The van der Waals surface area contributed by atoms with Crippen LogP contribution in [0.5, 0.6) is 0 Å². The van der Waals surface area contributed by atoms with Crippen molar-refractivity contribution >= 4 is 18.4 Å². The van der Waals surface area contributed by atoms with Crippen LogP contribution in [-0.2, 0) is 0 Å². The Balaban J connectivity index is 0.000000720. The molecule has 0 saturated carbocycles. The molecule has 0 unspecified atom stereocenters. The lowest BCUT2D eigenvalue weighted by Crippen LogP contribution is -2.63. The number of carbonyl (C=O) groups excluding carboxylic acids is 1. The van der Waals surface area contributed by atoms with Gasteiger partial charge in [0, 0.05) is 25.2 Å². The molecule has 2 atom stereocenters. The first-order chi connectivity index (χ1) is 5.27. The van der Waals surface area contributed by atoms with Gasteiger partial charge in [0.15, 0.2) is 0 Å². The minimum atomic E-state index is -0.263. The van der Waals surface area contributed by atoms with Gasteiger partial charge in [0.25, 0.3) is 0 Å². The van der Waals surface area contributed by atoms with Crippen molar-refractivity contribution in [3.8, 4) is 0 Å². The molecule has 70 valence electrons. The molecule has 0 aromatic rings. The zero-order valence-electron chi connectivity index (χ0n) is 6.82. The molecule has 3 aliphatic heterocycles. The number of hydrogen-bond donors (Lipinski definition) is 2. The third-order valence-electron chi connectivity index (χ3n) is 2.63. The maximum Gasteiger partial charge on any atom is 0.315 e. The zero-order valence-corrected chi connectivity index (χ0v) is 7.64. The Labute approximate surface area is 77.9 Å². The predicted molar refractivity (Wildman–Crippen MR) is 48.4 cm³/mol. The number of rotatable bonds is 0. The summed E-state index contributed by atoms with van der Waals surface area (Å²) in [5, 5.41) is 3.35. The average molecular weight is 192 g/mol. The number of primary amides is 1. The average Bonchev–Trinajstić information content (AvgIpc) is 2.06. The van der Waals surface area contributed by atoms with E-state index in [1.165, 1.54) is 6.42 Å². The molecule has 3 fully saturated rings. The van der Waals surface area contributed by atoms with E-state index in [1.54, 1.807) is 4.90 Å². The van der Waals surface area contributed by atoms with Crippen LogP contribution < -0.4 is 11.1 Å². The van der Waals surface area contributed by atoms with Crippen LogP contribution in [0.1, 0.15) is 12.8 Å². The number of halogens is 1. The van der Waals surface area contributed by atoms with Crippen LogP contribution in [0.2, 0.25) is 0 Å². The molecule has 2 bridgehead atoms. The van der Waals surface area contributed by atoms with Gasteiger partial charge in [-0.2, -0.15) is 0 Å². The van der Waals surface area contributed by atoms with Gasteiger partial charge in [0.2, 0.25) is 0 Å². The number of piperidine rings is 2. The van der Waals surface area contributed by atoms with E-state index in [2.05, 4.69) is 5.32 Å². The summed E-state index contributed by atoms with van der Waals surface area (Å²) in [5.41, 5.74) is 5.21. The number of nitrogens with zero attached hydrogens (tertiary/aromatic N) is 1. The molecule has 4 nitrogen and oxygen atoms in total. The van der Waals surface area contributed by atoms with Gasteiger partial charge in [0.1, 0.15) is 0 Å². The van der Waals surface area contributed by atoms with Crippen molar-refractivity contribution in [1.29, 1.82) is 0 Å². The summed E-state index contributed by atoms with van der Waals surface area (Å²) in [5.74, 6) is 0. The van der Waals surface area contributed by atoms with Gasteiger partial charge in [-0.25, -0.2) is 4.79 Å². The standard InChI is InChI=1S/C7H13N3O.ClH/c8-7(11)10-4-5-1-2-6(10)3-9-5;/h5-6,9H,1-4H2,(H2,8,11);1H/t5-,6-;/m0./s1. The zero-order chi connectivity index (χ0) is 7.84. The van der Waals surface area contributed by atoms with E-state index in [4.69, 9.17) is 5.73 Å². The Hall–Kier alpha value is -0.480. The van der Waals surface area contributed by atoms with Gasteiger partial charge in [-0.3, -0.25) is 0 Å². The van der Waals surface area contributed by atoms with Crippen molar-refractivity contribution in [3.05, 3.63) is 0 Å². The van der Waals surface area contributed by atoms with E-state index < -0.39 is 0 Å². The second-order valence-electron chi connectivity index (χ2n) is 3.33. The number of urea groups is 1. The number of fused-ring (bicyclic) bond motifs is 3. The fourth-order valence-electron chi connectivity index (χ4n) is 1.98. The first kappa shape index (κ1) is 9.61. The van der Waals surface area contributed by atoms with Crippen molar-refractivity contribution in [3.63, 3.8) is 0 Å². The molecule has 0 aromatic heterocycles. The smallest absolute Gasteiger partial charge is 0.315 e. The monoisotopic (exact) mass is 191 g/mol. The van der Waals surface area contributed by atoms with E-state index in [0.29, 0.717) is 12.1 Å². The number of nitrogens with two attached hydrogens (primary N) is 1. The van der Waals surface area contributed by atoms with Crippen LogP contribution in [0, 0.1) is 0 Å². The summed E-state index contributed by atoms with van der Waals surface area (Å²) in [6, 6.07) is 0.589. The summed E-state index contributed by atoms with van der Waals surface area (Å²) in [7, 11) is 0. The third kappa shape index (κ3) is 1.49. The molecule has 3 N–H and O–H groups in total. The van der Waals surface area contributed by atoms with E-state index in [9.17, 15) is 4.79 Å². The highest BCUT2D eigenvalue weighted by molar-refractivity contribution is 5.85. The Kier molecular flexibility index (Phi) is 2.80. The number of hydrogen-bond acceptors (Lipinski definition) is 2. The lowest BCUT2D eigenvalue weighted by Gasteiger charge is -2.45. The lowest BCUT2D eigenvalue weighted by molar-refractivity contribution is 0.103. The maximum absolute atomic E-state index is 10.9. The van der Waals surface area contributed by atoms with Gasteiger partial charge >= 0.3 is 6.03 Å². The minimum absolute atomic E-state index is 0. The number of piperazine rings is 1. The van der Waals surface area contributed by atoms with Crippen molar-refractivity contribution in [1.82, 2.24) is 10.2 Å². The highest BCUT2D eigenvalue weighted by Crippen LogP contribution is 2.21. The highest BCUT2D eigenvalue weighted by Gasteiger charge is 2.34. The third-order valence-corrected chi connectivity index (χ3v) is 2.63.